The highest BCUT2D eigenvalue weighted by Gasteiger charge is 2.12. The van der Waals surface area contributed by atoms with Crippen LogP contribution in [0.15, 0.2) is 18.7 Å². The monoisotopic (exact) mass is 277 g/mol. The molecule has 0 atom stereocenters. The minimum absolute atomic E-state index is 0.596. The Morgan fingerprint density at radius 1 is 1.42 bits per heavy atom. The molecule has 2 aromatic heterocycles. The average molecular weight is 277 g/mol. The standard InChI is InChI=1S/C14H19N3OS/c1-4-7-8-18-12-11-9-10(5-2)19-13(11)17-14(16-12)15-6-3/h4,9H,1,5-8H2,2-3H3,(H,15,16,17). The molecule has 5 heteroatoms. The summed E-state index contributed by atoms with van der Waals surface area (Å²) in [6.45, 7) is 9.25. The van der Waals surface area contributed by atoms with Gasteiger partial charge >= 0.3 is 0 Å². The predicted octanol–water partition coefficient (Wildman–Crippen LogP) is 3.64. The fourth-order valence-electron chi connectivity index (χ4n) is 1.71. The molecule has 0 fully saturated rings. The summed E-state index contributed by atoms with van der Waals surface area (Å²) in [5, 5.41) is 4.15. The zero-order valence-electron chi connectivity index (χ0n) is 11.4. The summed E-state index contributed by atoms with van der Waals surface area (Å²) >= 11 is 1.70. The van der Waals surface area contributed by atoms with E-state index in [0.29, 0.717) is 18.4 Å². The van der Waals surface area contributed by atoms with Crippen molar-refractivity contribution >= 4 is 27.5 Å². The van der Waals surface area contributed by atoms with E-state index in [1.165, 1.54) is 4.88 Å². The van der Waals surface area contributed by atoms with Crippen molar-refractivity contribution in [3.63, 3.8) is 0 Å². The van der Waals surface area contributed by atoms with Gasteiger partial charge in [0, 0.05) is 11.4 Å². The van der Waals surface area contributed by atoms with Crippen LogP contribution in [0.4, 0.5) is 5.95 Å². The quantitative estimate of drug-likeness (QED) is 0.620. The van der Waals surface area contributed by atoms with Gasteiger partial charge in [0.2, 0.25) is 11.8 Å². The van der Waals surface area contributed by atoms with Crippen molar-refractivity contribution in [3.05, 3.63) is 23.6 Å². The number of nitrogens with zero attached hydrogens (tertiary/aromatic N) is 2. The molecule has 0 aliphatic rings. The lowest BCUT2D eigenvalue weighted by Crippen LogP contribution is -2.05. The summed E-state index contributed by atoms with van der Waals surface area (Å²) in [5.41, 5.74) is 0. The molecule has 0 radical (unpaired) electrons. The van der Waals surface area contributed by atoms with Crippen LogP contribution in [0.25, 0.3) is 10.2 Å². The van der Waals surface area contributed by atoms with Crippen molar-refractivity contribution in [3.8, 4) is 5.88 Å². The largest absolute Gasteiger partial charge is 0.477 e. The fraction of sp³-hybridized carbons (Fsp3) is 0.429. The van der Waals surface area contributed by atoms with Crippen molar-refractivity contribution in [1.82, 2.24) is 9.97 Å². The van der Waals surface area contributed by atoms with Gasteiger partial charge in [0.05, 0.1) is 12.0 Å². The molecule has 0 aliphatic heterocycles. The molecule has 19 heavy (non-hydrogen) atoms. The lowest BCUT2D eigenvalue weighted by molar-refractivity contribution is 0.317. The number of hydrogen-bond donors (Lipinski definition) is 1. The minimum Gasteiger partial charge on any atom is -0.477 e. The average Bonchev–Trinajstić information content (AvgIpc) is 2.82. The van der Waals surface area contributed by atoms with E-state index in [-0.39, 0.29) is 0 Å². The van der Waals surface area contributed by atoms with Gasteiger partial charge in [-0.3, -0.25) is 0 Å². The molecule has 4 nitrogen and oxygen atoms in total. The van der Waals surface area contributed by atoms with Crippen LogP contribution in [0.3, 0.4) is 0 Å². The second kappa shape index (κ2) is 6.52. The summed E-state index contributed by atoms with van der Waals surface area (Å²) in [4.78, 5) is 11.2. The number of fused-ring (bicyclic) bond motifs is 1. The maximum absolute atomic E-state index is 5.75. The summed E-state index contributed by atoms with van der Waals surface area (Å²) in [7, 11) is 0. The van der Waals surface area contributed by atoms with Crippen LogP contribution in [-0.2, 0) is 6.42 Å². The first-order chi connectivity index (χ1) is 9.28. The van der Waals surface area contributed by atoms with Crippen LogP contribution in [0.5, 0.6) is 5.88 Å². The molecule has 2 heterocycles. The van der Waals surface area contributed by atoms with Crippen LogP contribution in [0.2, 0.25) is 0 Å². The molecule has 1 N–H and O–H groups in total. The molecule has 2 aromatic rings. The summed E-state index contributed by atoms with van der Waals surface area (Å²) < 4.78 is 5.75. The Morgan fingerprint density at radius 2 is 2.26 bits per heavy atom. The van der Waals surface area contributed by atoms with Gasteiger partial charge in [-0.15, -0.1) is 17.9 Å². The van der Waals surface area contributed by atoms with E-state index >= 15 is 0 Å². The van der Waals surface area contributed by atoms with Gasteiger partial charge in [-0.1, -0.05) is 13.0 Å². The Morgan fingerprint density at radius 3 is 2.95 bits per heavy atom. The van der Waals surface area contributed by atoms with Crippen molar-refractivity contribution in [2.45, 2.75) is 26.7 Å². The van der Waals surface area contributed by atoms with Gasteiger partial charge in [-0.25, -0.2) is 4.98 Å². The number of aromatic nitrogens is 2. The Bertz CT molecular complexity index is 565. The molecule has 0 spiro atoms. The summed E-state index contributed by atoms with van der Waals surface area (Å²) in [6.07, 6.45) is 3.66. The number of thiophene rings is 1. The van der Waals surface area contributed by atoms with E-state index in [9.17, 15) is 0 Å². The van der Waals surface area contributed by atoms with E-state index < -0.39 is 0 Å². The van der Waals surface area contributed by atoms with Gasteiger partial charge < -0.3 is 10.1 Å². The van der Waals surface area contributed by atoms with E-state index in [4.69, 9.17) is 4.74 Å². The highest BCUT2D eigenvalue weighted by Crippen LogP contribution is 2.31. The van der Waals surface area contributed by atoms with E-state index in [1.807, 2.05) is 13.0 Å². The third-order valence-corrected chi connectivity index (χ3v) is 3.83. The molecule has 0 saturated carbocycles. The van der Waals surface area contributed by atoms with Crippen LogP contribution < -0.4 is 10.1 Å². The normalized spacial score (nSPS) is 10.6. The van der Waals surface area contributed by atoms with E-state index in [2.05, 4.69) is 34.9 Å². The molecule has 102 valence electrons. The molecular formula is C14H19N3OS. The molecule has 2 rings (SSSR count). The number of ether oxygens (including phenoxy) is 1. The lowest BCUT2D eigenvalue weighted by Gasteiger charge is -2.07. The van der Waals surface area contributed by atoms with Crippen LogP contribution in [0, 0.1) is 0 Å². The van der Waals surface area contributed by atoms with Crippen LogP contribution >= 0.6 is 11.3 Å². The highest BCUT2D eigenvalue weighted by molar-refractivity contribution is 7.18. The van der Waals surface area contributed by atoms with Crippen molar-refractivity contribution in [2.75, 3.05) is 18.5 Å². The minimum atomic E-state index is 0.596. The van der Waals surface area contributed by atoms with Gasteiger partial charge in [0.25, 0.3) is 0 Å². The Labute approximate surface area is 117 Å². The topological polar surface area (TPSA) is 47.0 Å². The van der Waals surface area contributed by atoms with Crippen LogP contribution in [-0.4, -0.2) is 23.1 Å². The molecule has 0 aliphatic carbocycles. The molecule has 0 amide bonds. The Kier molecular flexibility index (Phi) is 4.74. The first kappa shape index (κ1) is 13.8. The smallest absolute Gasteiger partial charge is 0.227 e. The second-order valence-corrected chi connectivity index (χ2v) is 5.21. The summed E-state index contributed by atoms with van der Waals surface area (Å²) in [5.74, 6) is 1.30. The van der Waals surface area contributed by atoms with E-state index in [0.717, 1.165) is 29.6 Å². The lowest BCUT2D eigenvalue weighted by atomic mass is 10.3. The van der Waals surface area contributed by atoms with Crippen LogP contribution in [0.1, 0.15) is 25.1 Å². The maximum Gasteiger partial charge on any atom is 0.227 e. The third kappa shape index (κ3) is 3.23. The maximum atomic E-state index is 5.75. The van der Waals surface area contributed by atoms with Gasteiger partial charge in [-0.05, 0) is 25.8 Å². The molecule has 0 aromatic carbocycles. The summed E-state index contributed by atoms with van der Waals surface area (Å²) in [6, 6.07) is 2.12. The van der Waals surface area contributed by atoms with Gasteiger partial charge in [0.15, 0.2) is 0 Å². The second-order valence-electron chi connectivity index (χ2n) is 4.09. The first-order valence-corrected chi connectivity index (χ1v) is 7.38. The molecule has 0 saturated heterocycles. The van der Waals surface area contributed by atoms with Crippen molar-refractivity contribution in [1.29, 1.82) is 0 Å². The predicted molar refractivity (Wildman–Crippen MR) is 81.3 cm³/mol. The van der Waals surface area contributed by atoms with Gasteiger partial charge in [0.1, 0.15) is 4.83 Å². The SMILES string of the molecule is C=CCCOc1nc(NCC)nc2sc(CC)cc12. The number of hydrogen-bond acceptors (Lipinski definition) is 5. The molecular weight excluding hydrogens is 258 g/mol. The Balaban J connectivity index is 2.37. The molecule has 0 unspecified atom stereocenters. The Hall–Kier alpha value is -1.62. The number of anilines is 1. The van der Waals surface area contributed by atoms with Crippen molar-refractivity contribution in [2.24, 2.45) is 0 Å². The zero-order valence-corrected chi connectivity index (χ0v) is 12.2. The fourth-order valence-corrected chi connectivity index (χ4v) is 2.66. The molecule has 0 bridgehead atoms. The first-order valence-electron chi connectivity index (χ1n) is 6.56. The third-order valence-electron chi connectivity index (χ3n) is 2.65. The number of nitrogens with one attached hydrogen (secondary N) is 1. The zero-order chi connectivity index (χ0) is 13.7. The van der Waals surface area contributed by atoms with E-state index in [1.54, 1.807) is 11.3 Å². The number of aryl methyl sites for hydroxylation is 1. The van der Waals surface area contributed by atoms with Gasteiger partial charge in [-0.2, -0.15) is 4.98 Å². The number of rotatable bonds is 7. The highest BCUT2D eigenvalue weighted by atomic mass is 32.1. The van der Waals surface area contributed by atoms with Crippen molar-refractivity contribution < 1.29 is 4.74 Å².